The Morgan fingerprint density at radius 2 is 1.92 bits per heavy atom. The summed E-state index contributed by atoms with van der Waals surface area (Å²) >= 11 is 6.03. The van der Waals surface area contributed by atoms with E-state index in [0.29, 0.717) is 11.4 Å². The highest BCUT2D eigenvalue weighted by Gasteiger charge is 2.33. The first kappa shape index (κ1) is 16.3. The van der Waals surface area contributed by atoms with Crippen LogP contribution in [0.3, 0.4) is 0 Å². The monoisotopic (exact) mass is 356 g/mol. The van der Waals surface area contributed by atoms with Gasteiger partial charge >= 0.3 is 0 Å². The van der Waals surface area contributed by atoms with Crippen LogP contribution in [0.2, 0.25) is 5.02 Å². The third kappa shape index (κ3) is 3.31. The first-order valence-corrected chi connectivity index (χ1v) is 9.03. The fourth-order valence-electron chi connectivity index (χ4n) is 3.57. The van der Waals surface area contributed by atoms with Crippen molar-refractivity contribution in [3.63, 3.8) is 0 Å². The quantitative estimate of drug-likeness (QED) is 0.827. The Balaban J connectivity index is 1.37. The van der Waals surface area contributed by atoms with E-state index in [1.54, 1.807) is 6.07 Å². The molecule has 0 aliphatic carbocycles. The van der Waals surface area contributed by atoms with Gasteiger partial charge in [-0.1, -0.05) is 23.7 Å². The summed E-state index contributed by atoms with van der Waals surface area (Å²) in [6.45, 7) is 5.25. The Labute approximate surface area is 152 Å². The molecule has 0 aromatic heterocycles. The Morgan fingerprint density at radius 3 is 2.68 bits per heavy atom. The van der Waals surface area contributed by atoms with Crippen molar-refractivity contribution >= 4 is 23.2 Å². The number of hydrogen-bond donors (Lipinski definition) is 0. The van der Waals surface area contributed by atoms with Gasteiger partial charge in [-0.2, -0.15) is 0 Å². The van der Waals surface area contributed by atoms with E-state index in [0.717, 1.165) is 37.5 Å². The number of ether oxygens (including phenoxy) is 1. The minimum absolute atomic E-state index is 0.0798. The molecule has 0 saturated carbocycles. The van der Waals surface area contributed by atoms with Crippen LogP contribution >= 0.6 is 11.6 Å². The van der Waals surface area contributed by atoms with Gasteiger partial charge in [-0.15, -0.1) is 0 Å². The standard InChI is InChI=1S/C20H21ClN2O2/c1-14-3-2-4-17(11-14)22-7-9-23(10-8-22)20(24)19-13-15-12-16(21)5-6-18(15)25-19/h2-6,11-12,19H,7-10,13H2,1H3. The van der Waals surface area contributed by atoms with Gasteiger partial charge in [0.15, 0.2) is 6.10 Å². The molecule has 0 bridgehead atoms. The summed E-state index contributed by atoms with van der Waals surface area (Å²) in [7, 11) is 0. The number of halogens is 1. The zero-order chi connectivity index (χ0) is 17.4. The predicted molar refractivity (Wildman–Crippen MR) is 99.5 cm³/mol. The van der Waals surface area contributed by atoms with Crippen LogP contribution in [0.15, 0.2) is 42.5 Å². The van der Waals surface area contributed by atoms with Crippen LogP contribution in [0.1, 0.15) is 11.1 Å². The molecule has 130 valence electrons. The second kappa shape index (κ2) is 6.60. The molecule has 5 heteroatoms. The maximum atomic E-state index is 12.8. The van der Waals surface area contributed by atoms with Gasteiger partial charge in [0.05, 0.1) is 0 Å². The van der Waals surface area contributed by atoms with Crippen molar-refractivity contribution in [2.75, 3.05) is 31.1 Å². The molecule has 0 spiro atoms. The number of nitrogens with zero attached hydrogens (tertiary/aromatic N) is 2. The first-order chi connectivity index (χ1) is 12.1. The van der Waals surface area contributed by atoms with Crippen LogP contribution < -0.4 is 9.64 Å². The van der Waals surface area contributed by atoms with Crippen molar-refractivity contribution in [2.24, 2.45) is 0 Å². The molecule has 4 nitrogen and oxygen atoms in total. The van der Waals surface area contributed by atoms with Crippen LogP contribution in [-0.2, 0) is 11.2 Å². The Morgan fingerprint density at radius 1 is 1.12 bits per heavy atom. The van der Waals surface area contributed by atoms with E-state index >= 15 is 0 Å². The number of benzene rings is 2. The van der Waals surface area contributed by atoms with Crippen LogP contribution in [0.4, 0.5) is 5.69 Å². The lowest BCUT2D eigenvalue weighted by Crippen LogP contribution is -2.52. The average Bonchev–Trinajstić information content (AvgIpc) is 3.04. The van der Waals surface area contributed by atoms with Crippen LogP contribution in [0, 0.1) is 6.92 Å². The largest absolute Gasteiger partial charge is 0.480 e. The van der Waals surface area contributed by atoms with Crippen molar-refractivity contribution in [3.8, 4) is 5.75 Å². The lowest BCUT2D eigenvalue weighted by molar-refractivity contribution is -0.138. The maximum Gasteiger partial charge on any atom is 0.264 e. The Bertz CT molecular complexity index is 800. The van der Waals surface area contributed by atoms with Crippen molar-refractivity contribution in [1.29, 1.82) is 0 Å². The minimum atomic E-state index is -0.418. The number of rotatable bonds is 2. The van der Waals surface area contributed by atoms with Gasteiger partial charge < -0.3 is 14.5 Å². The number of fused-ring (bicyclic) bond motifs is 1. The van der Waals surface area contributed by atoms with E-state index in [1.165, 1.54) is 11.3 Å². The highest BCUT2D eigenvalue weighted by atomic mass is 35.5. The predicted octanol–water partition coefficient (Wildman–Crippen LogP) is 3.30. The van der Waals surface area contributed by atoms with Gasteiger partial charge in [0, 0.05) is 43.3 Å². The molecule has 4 rings (SSSR count). The van der Waals surface area contributed by atoms with Gasteiger partial charge in [0.1, 0.15) is 5.75 Å². The number of carbonyl (C=O) groups excluding carboxylic acids is 1. The zero-order valence-electron chi connectivity index (χ0n) is 14.2. The number of hydrogen-bond acceptors (Lipinski definition) is 3. The molecule has 2 heterocycles. The van der Waals surface area contributed by atoms with Gasteiger partial charge in [0.25, 0.3) is 5.91 Å². The number of carbonyl (C=O) groups is 1. The van der Waals surface area contributed by atoms with Crippen molar-refractivity contribution in [1.82, 2.24) is 4.90 Å². The highest BCUT2D eigenvalue weighted by Crippen LogP contribution is 2.32. The second-order valence-electron chi connectivity index (χ2n) is 6.71. The molecule has 2 aromatic carbocycles. The topological polar surface area (TPSA) is 32.8 Å². The normalized spacial score (nSPS) is 19.5. The molecule has 0 N–H and O–H groups in total. The maximum absolute atomic E-state index is 12.8. The summed E-state index contributed by atoms with van der Waals surface area (Å²) in [6.07, 6.45) is 0.186. The molecular weight excluding hydrogens is 336 g/mol. The van der Waals surface area contributed by atoms with E-state index in [-0.39, 0.29) is 5.91 Å². The van der Waals surface area contributed by atoms with Crippen molar-refractivity contribution in [3.05, 3.63) is 58.6 Å². The minimum Gasteiger partial charge on any atom is -0.480 e. The van der Waals surface area contributed by atoms with Crippen LogP contribution in [0.25, 0.3) is 0 Å². The number of piperazine rings is 1. The molecule has 1 unspecified atom stereocenters. The van der Waals surface area contributed by atoms with Gasteiger partial charge in [-0.3, -0.25) is 4.79 Å². The first-order valence-electron chi connectivity index (χ1n) is 8.65. The number of aryl methyl sites for hydroxylation is 1. The molecule has 0 radical (unpaired) electrons. The third-order valence-electron chi connectivity index (χ3n) is 4.93. The molecular formula is C20H21ClN2O2. The fourth-order valence-corrected chi connectivity index (χ4v) is 3.76. The van der Waals surface area contributed by atoms with E-state index in [1.807, 2.05) is 17.0 Å². The molecule has 1 atom stereocenters. The van der Waals surface area contributed by atoms with Crippen molar-refractivity contribution < 1.29 is 9.53 Å². The molecule has 2 aliphatic heterocycles. The summed E-state index contributed by atoms with van der Waals surface area (Å²) in [5, 5.41) is 0.683. The Kier molecular flexibility index (Phi) is 4.30. The smallest absolute Gasteiger partial charge is 0.264 e. The van der Waals surface area contributed by atoms with E-state index in [4.69, 9.17) is 16.3 Å². The summed E-state index contributed by atoms with van der Waals surface area (Å²) in [5.41, 5.74) is 3.50. The van der Waals surface area contributed by atoms with E-state index in [2.05, 4.69) is 36.1 Å². The summed E-state index contributed by atoms with van der Waals surface area (Å²) in [6, 6.07) is 14.0. The van der Waals surface area contributed by atoms with Gasteiger partial charge in [-0.25, -0.2) is 0 Å². The second-order valence-corrected chi connectivity index (χ2v) is 7.15. The molecule has 1 saturated heterocycles. The molecule has 1 amide bonds. The molecule has 25 heavy (non-hydrogen) atoms. The number of anilines is 1. The van der Waals surface area contributed by atoms with E-state index in [9.17, 15) is 4.79 Å². The number of amides is 1. The summed E-state index contributed by atoms with van der Waals surface area (Å²) < 4.78 is 5.84. The lowest BCUT2D eigenvalue weighted by Gasteiger charge is -2.37. The van der Waals surface area contributed by atoms with Crippen LogP contribution in [0.5, 0.6) is 5.75 Å². The zero-order valence-corrected chi connectivity index (χ0v) is 15.0. The lowest BCUT2D eigenvalue weighted by atomic mass is 10.1. The van der Waals surface area contributed by atoms with E-state index < -0.39 is 6.10 Å². The van der Waals surface area contributed by atoms with Gasteiger partial charge in [-0.05, 0) is 48.4 Å². The Hall–Kier alpha value is -2.20. The fraction of sp³-hybridized carbons (Fsp3) is 0.350. The van der Waals surface area contributed by atoms with Gasteiger partial charge in [0.2, 0.25) is 0 Å². The molecule has 2 aromatic rings. The molecule has 2 aliphatic rings. The molecule has 1 fully saturated rings. The SMILES string of the molecule is Cc1cccc(N2CCN(C(=O)C3Cc4cc(Cl)ccc4O3)CC2)c1. The summed E-state index contributed by atoms with van der Waals surface area (Å²) in [4.78, 5) is 17.1. The average molecular weight is 357 g/mol. The third-order valence-corrected chi connectivity index (χ3v) is 5.17. The highest BCUT2D eigenvalue weighted by molar-refractivity contribution is 6.30. The summed E-state index contributed by atoms with van der Waals surface area (Å²) in [5.74, 6) is 0.859. The van der Waals surface area contributed by atoms with Crippen molar-refractivity contribution in [2.45, 2.75) is 19.4 Å². The van der Waals surface area contributed by atoms with Crippen LogP contribution in [-0.4, -0.2) is 43.1 Å².